The van der Waals surface area contributed by atoms with Crippen LogP contribution in [0.1, 0.15) is 83.8 Å². The third-order valence-corrected chi connectivity index (χ3v) is 6.47. The van der Waals surface area contributed by atoms with Crippen molar-refractivity contribution in [2.45, 2.75) is 72.6 Å². The molecule has 3 atom stereocenters. The van der Waals surface area contributed by atoms with E-state index in [0.29, 0.717) is 17.8 Å². The van der Waals surface area contributed by atoms with Crippen LogP contribution in [0.5, 0.6) is 0 Å². The molecule has 2 bridgehead atoms. The van der Waals surface area contributed by atoms with Gasteiger partial charge in [0.05, 0.1) is 5.69 Å². The Kier molecular flexibility index (Phi) is 5.28. The van der Waals surface area contributed by atoms with Crippen LogP contribution in [0.15, 0.2) is 47.5 Å². The van der Waals surface area contributed by atoms with Gasteiger partial charge in [0.1, 0.15) is 0 Å². The zero-order chi connectivity index (χ0) is 19.1. The number of benzene rings is 1. The van der Waals surface area contributed by atoms with E-state index >= 15 is 0 Å². The molecule has 0 N–H and O–H groups in total. The summed E-state index contributed by atoms with van der Waals surface area (Å²) in [6.07, 6.45) is 8.47. The number of aliphatic imine (C=N–C) groups is 1. The normalized spacial score (nSPS) is 27.8. The van der Waals surface area contributed by atoms with E-state index in [-0.39, 0.29) is 5.41 Å². The largest absolute Gasteiger partial charge is 0.257 e. The zero-order valence-corrected chi connectivity index (χ0v) is 17.5. The minimum atomic E-state index is 0.170. The van der Waals surface area contributed by atoms with Crippen molar-refractivity contribution in [3.63, 3.8) is 0 Å². The molecule has 0 saturated heterocycles. The number of fused-ring (bicyclic) bond motifs is 2. The average molecular weight is 350 g/mol. The highest BCUT2D eigenvalue weighted by atomic mass is 14.8. The van der Waals surface area contributed by atoms with Gasteiger partial charge in [0.15, 0.2) is 0 Å². The molecule has 1 heteroatoms. The van der Waals surface area contributed by atoms with Crippen LogP contribution in [0.25, 0.3) is 0 Å². The van der Waals surface area contributed by atoms with Crippen molar-refractivity contribution in [1.82, 2.24) is 0 Å². The Morgan fingerprint density at radius 2 is 1.73 bits per heavy atom. The molecule has 3 rings (SSSR count). The molecular weight excluding hydrogens is 314 g/mol. The van der Waals surface area contributed by atoms with Crippen molar-refractivity contribution in [1.29, 1.82) is 0 Å². The smallest absolute Gasteiger partial charge is 0.0698 e. The summed E-state index contributed by atoms with van der Waals surface area (Å²) in [5, 5.41) is 0. The van der Waals surface area contributed by atoms with Gasteiger partial charge in [-0.05, 0) is 67.9 Å². The average Bonchev–Trinajstić information content (AvgIpc) is 3.15. The summed E-state index contributed by atoms with van der Waals surface area (Å²) in [6, 6.07) is 6.71. The highest BCUT2D eigenvalue weighted by molar-refractivity contribution is 5.92. The maximum absolute atomic E-state index is 5.37. The first kappa shape index (κ1) is 19.1. The van der Waals surface area contributed by atoms with Crippen LogP contribution in [-0.2, 0) is 0 Å². The molecule has 1 saturated carbocycles. The van der Waals surface area contributed by atoms with Crippen molar-refractivity contribution in [3.05, 3.63) is 53.6 Å². The minimum absolute atomic E-state index is 0.170. The Hall–Kier alpha value is -1.63. The number of nitrogens with zero attached hydrogens (tertiary/aromatic N) is 1. The summed E-state index contributed by atoms with van der Waals surface area (Å²) in [5.41, 5.74) is 6.74. The van der Waals surface area contributed by atoms with Crippen molar-refractivity contribution in [2.24, 2.45) is 22.2 Å². The maximum Gasteiger partial charge on any atom is 0.0698 e. The molecule has 140 valence electrons. The fourth-order valence-electron chi connectivity index (χ4n) is 5.16. The van der Waals surface area contributed by atoms with E-state index < -0.39 is 0 Å². The Balaban J connectivity index is 2.11. The van der Waals surface area contributed by atoms with Gasteiger partial charge in [-0.1, -0.05) is 63.6 Å². The van der Waals surface area contributed by atoms with Crippen LogP contribution in [-0.4, -0.2) is 5.71 Å². The quantitative estimate of drug-likeness (QED) is 0.371. The molecule has 0 spiro atoms. The van der Waals surface area contributed by atoms with Crippen molar-refractivity contribution in [3.8, 4) is 0 Å². The van der Waals surface area contributed by atoms with E-state index in [1.807, 2.05) is 0 Å². The topological polar surface area (TPSA) is 12.4 Å². The molecule has 26 heavy (non-hydrogen) atoms. The van der Waals surface area contributed by atoms with E-state index in [2.05, 4.69) is 78.5 Å². The second kappa shape index (κ2) is 7.18. The third-order valence-electron chi connectivity index (χ3n) is 6.47. The molecule has 1 fully saturated rings. The fraction of sp³-hybridized carbons (Fsp3) is 0.560. The molecule has 0 aliphatic heterocycles. The second-order valence-corrected chi connectivity index (χ2v) is 9.27. The van der Waals surface area contributed by atoms with E-state index in [4.69, 9.17) is 4.99 Å². The van der Waals surface area contributed by atoms with Gasteiger partial charge in [-0.15, -0.1) is 6.58 Å². The lowest BCUT2D eigenvalue weighted by Crippen LogP contribution is -2.34. The van der Waals surface area contributed by atoms with Gasteiger partial charge in [-0.25, -0.2) is 0 Å². The van der Waals surface area contributed by atoms with Crippen LogP contribution in [0.4, 0.5) is 5.69 Å². The van der Waals surface area contributed by atoms with Crippen LogP contribution in [0.2, 0.25) is 0 Å². The standard InChI is InChI=1S/C25H35N/c1-16(2)14-25(15-20-11-12-21(25)13-20)19(7)26-24-22(17(3)4)9-8-10-23(24)18(5)6/h8-12,17-18,20-21H,1,13-15H2,2-7H3. The summed E-state index contributed by atoms with van der Waals surface area (Å²) < 4.78 is 0. The van der Waals surface area contributed by atoms with Gasteiger partial charge in [0.25, 0.3) is 0 Å². The highest BCUT2D eigenvalue weighted by Crippen LogP contribution is 2.56. The van der Waals surface area contributed by atoms with Gasteiger partial charge in [-0.3, -0.25) is 4.99 Å². The minimum Gasteiger partial charge on any atom is -0.257 e. The first-order valence-electron chi connectivity index (χ1n) is 10.3. The maximum atomic E-state index is 5.37. The van der Waals surface area contributed by atoms with Crippen LogP contribution in [0.3, 0.4) is 0 Å². The molecule has 0 amide bonds. The first-order valence-corrected chi connectivity index (χ1v) is 10.3. The second-order valence-electron chi connectivity index (χ2n) is 9.27. The Labute approximate surface area is 160 Å². The van der Waals surface area contributed by atoms with Crippen molar-refractivity contribution >= 4 is 11.4 Å². The SMILES string of the molecule is C=C(C)CC1(C(C)=Nc2c(C(C)C)cccc2C(C)C)CC2C=CC1C2. The molecule has 0 aromatic heterocycles. The van der Waals surface area contributed by atoms with E-state index in [9.17, 15) is 0 Å². The summed E-state index contributed by atoms with van der Waals surface area (Å²) in [6.45, 7) is 17.8. The van der Waals surface area contributed by atoms with Gasteiger partial charge < -0.3 is 0 Å². The van der Waals surface area contributed by atoms with Crippen molar-refractivity contribution < 1.29 is 0 Å². The lowest BCUT2D eigenvalue weighted by molar-refractivity contribution is 0.343. The van der Waals surface area contributed by atoms with Gasteiger partial charge in [0, 0.05) is 11.1 Å². The third kappa shape index (κ3) is 3.33. The summed E-state index contributed by atoms with van der Waals surface area (Å²) in [5.74, 6) is 2.32. The molecule has 3 unspecified atom stereocenters. The van der Waals surface area contributed by atoms with Crippen LogP contribution < -0.4 is 0 Å². The summed E-state index contributed by atoms with van der Waals surface area (Å²) in [4.78, 5) is 5.37. The first-order chi connectivity index (χ1) is 12.2. The zero-order valence-electron chi connectivity index (χ0n) is 17.5. The fourth-order valence-corrected chi connectivity index (χ4v) is 5.16. The number of para-hydroxylation sites is 1. The molecular formula is C25H35N. The molecule has 0 heterocycles. The van der Waals surface area contributed by atoms with E-state index in [1.165, 1.54) is 40.9 Å². The lowest BCUT2D eigenvalue weighted by Gasteiger charge is -2.36. The van der Waals surface area contributed by atoms with E-state index in [0.717, 1.165) is 12.3 Å². The predicted molar refractivity (Wildman–Crippen MR) is 115 cm³/mol. The van der Waals surface area contributed by atoms with Gasteiger partial charge >= 0.3 is 0 Å². The molecule has 2 aliphatic carbocycles. The highest BCUT2D eigenvalue weighted by Gasteiger charge is 2.50. The van der Waals surface area contributed by atoms with Crippen LogP contribution >= 0.6 is 0 Å². The number of rotatable bonds is 6. The number of allylic oxidation sites excluding steroid dienone is 3. The lowest BCUT2D eigenvalue weighted by atomic mass is 9.68. The molecule has 2 aliphatic rings. The van der Waals surface area contributed by atoms with Crippen LogP contribution in [0, 0.1) is 17.3 Å². The molecule has 1 nitrogen and oxygen atoms in total. The Bertz CT molecular complexity index is 723. The summed E-state index contributed by atoms with van der Waals surface area (Å²) in [7, 11) is 0. The van der Waals surface area contributed by atoms with E-state index in [1.54, 1.807) is 0 Å². The molecule has 1 aromatic carbocycles. The van der Waals surface area contributed by atoms with Crippen molar-refractivity contribution in [2.75, 3.05) is 0 Å². The Morgan fingerprint density at radius 3 is 2.15 bits per heavy atom. The van der Waals surface area contributed by atoms with Gasteiger partial charge in [-0.2, -0.15) is 0 Å². The molecule has 0 radical (unpaired) electrons. The summed E-state index contributed by atoms with van der Waals surface area (Å²) >= 11 is 0. The monoisotopic (exact) mass is 349 g/mol. The Morgan fingerprint density at radius 1 is 1.12 bits per heavy atom. The number of hydrogen-bond donors (Lipinski definition) is 0. The number of hydrogen-bond acceptors (Lipinski definition) is 1. The van der Waals surface area contributed by atoms with Gasteiger partial charge in [0.2, 0.25) is 0 Å². The molecule has 1 aromatic rings. The predicted octanol–water partition coefficient (Wildman–Crippen LogP) is 7.57.